The molecule has 1 aliphatic rings. The number of carbonyl (C=O) groups excluding carboxylic acids is 2. The van der Waals surface area contributed by atoms with Crippen LogP contribution < -0.4 is 11.1 Å². The fourth-order valence-corrected chi connectivity index (χ4v) is 4.81. The fourth-order valence-electron chi connectivity index (χ4n) is 4.14. The number of anilines is 2. The van der Waals surface area contributed by atoms with Crippen LogP contribution in [-0.4, -0.2) is 57.8 Å². The first-order valence-corrected chi connectivity index (χ1v) is 12.9. The highest BCUT2D eigenvalue weighted by molar-refractivity contribution is 7.15. The quantitative estimate of drug-likeness (QED) is 0.449. The van der Waals surface area contributed by atoms with Crippen LogP contribution in [0.25, 0.3) is 17.3 Å². The van der Waals surface area contributed by atoms with Gasteiger partial charge in [0.25, 0.3) is 0 Å². The average molecular weight is 505 g/mol. The number of hydrogen-bond acceptors (Lipinski definition) is 7. The number of nitrogens with zero attached hydrogens (tertiary/aromatic N) is 4. The highest BCUT2D eigenvalue weighted by Crippen LogP contribution is 2.27. The zero-order valence-electron chi connectivity index (χ0n) is 20.9. The molecule has 3 heterocycles. The number of primary amides is 1. The predicted molar refractivity (Wildman–Crippen MR) is 145 cm³/mol. The van der Waals surface area contributed by atoms with E-state index in [9.17, 15) is 9.59 Å². The number of rotatable bonds is 8. The van der Waals surface area contributed by atoms with Gasteiger partial charge in [0.15, 0.2) is 5.13 Å². The number of hydrogen-bond donors (Lipinski definition) is 2. The highest BCUT2D eigenvalue weighted by atomic mass is 32.1. The topological polar surface area (TPSA) is 104 Å². The summed E-state index contributed by atoms with van der Waals surface area (Å²) in [7, 11) is 0. The molecule has 8 nitrogen and oxygen atoms in total. The lowest BCUT2D eigenvalue weighted by atomic mass is 10.0. The Bertz CT molecular complexity index is 1260. The van der Waals surface area contributed by atoms with Gasteiger partial charge in [-0.1, -0.05) is 32.0 Å². The average Bonchev–Trinajstić information content (AvgIpc) is 3.27. The summed E-state index contributed by atoms with van der Waals surface area (Å²) in [5.74, 6) is 0.483. The molecule has 3 N–H and O–H groups in total. The molecule has 0 bridgehead atoms. The maximum Gasteiger partial charge on any atom is 0.241 e. The zero-order chi connectivity index (χ0) is 25.7. The van der Waals surface area contributed by atoms with Gasteiger partial charge in [-0.05, 0) is 42.3 Å². The molecule has 0 radical (unpaired) electrons. The zero-order valence-corrected chi connectivity index (χ0v) is 21.7. The summed E-state index contributed by atoms with van der Waals surface area (Å²) in [6.45, 7) is 9.82. The van der Waals surface area contributed by atoms with Crippen molar-refractivity contribution < 1.29 is 9.59 Å². The van der Waals surface area contributed by atoms with Gasteiger partial charge in [-0.15, -0.1) is 11.3 Å². The van der Waals surface area contributed by atoms with Crippen LogP contribution in [0.5, 0.6) is 0 Å². The number of piperazine rings is 1. The molecule has 2 aromatic heterocycles. The summed E-state index contributed by atoms with van der Waals surface area (Å²) in [5.41, 5.74) is 9.01. The van der Waals surface area contributed by atoms with Gasteiger partial charge in [0.1, 0.15) is 5.82 Å². The van der Waals surface area contributed by atoms with Crippen molar-refractivity contribution in [1.82, 2.24) is 19.8 Å². The van der Waals surface area contributed by atoms with Gasteiger partial charge in [-0.2, -0.15) is 0 Å². The summed E-state index contributed by atoms with van der Waals surface area (Å²) < 4.78 is 0. The van der Waals surface area contributed by atoms with Crippen LogP contribution >= 0.6 is 11.3 Å². The first kappa shape index (κ1) is 25.5. The van der Waals surface area contributed by atoms with Crippen LogP contribution in [0.3, 0.4) is 0 Å². The molecular weight excluding hydrogens is 472 g/mol. The molecule has 1 aliphatic heterocycles. The lowest BCUT2D eigenvalue weighted by Crippen LogP contribution is -2.49. The van der Waals surface area contributed by atoms with Gasteiger partial charge in [0.05, 0.1) is 5.69 Å². The second kappa shape index (κ2) is 11.5. The molecule has 0 spiro atoms. The molecule has 0 unspecified atom stereocenters. The summed E-state index contributed by atoms with van der Waals surface area (Å²) >= 11 is 1.58. The Morgan fingerprint density at radius 2 is 1.94 bits per heavy atom. The van der Waals surface area contributed by atoms with E-state index in [1.807, 2.05) is 56.1 Å². The van der Waals surface area contributed by atoms with Gasteiger partial charge < -0.3 is 16.0 Å². The van der Waals surface area contributed by atoms with Crippen molar-refractivity contribution in [1.29, 1.82) is 0 Å². The van der Waals surface area contributed by atoms with E-state index in [2.05, 4.69) is 27.3 Å². The minimum absolute atomic E-state index is 0.0241. The molecular formula is C27H32N6O2S. The monoisotopic (exact) mass is 504 g/mol. The van der Waals surface area contributed by atoms with E-state index in [1.54, 1.807) is 17.4 Å². The van der Waals surface area contributed by atoms with Crippen molar-refractivity contribution in [3.05, 3.63) is 64.7 Å². The number of aryl methyl sites for hydroxylation is 1. The Morgan fingerprint density at radius 3 is 2.61 bits per heavy atom. The van der Waals surface area contributed by atoms with E-state index in [0.717, 1.165) is 70.9 Å². The van der Waals surface area contributed by atoms with Crippen molar-refractivity contribution >= 4 is 40.2 Å². The Morgan fingerprint density at radius 1 is 1.17 bits per heavy atom. The first-order valence-electron chi connectivity index (χ1n) is 12.1. The number of amides is 2. The van der Waals surface area contributed by atoms with Gasteiger partial charge >= 0.3 is 0 Å². The largest absolute Gasteiger partial charge is 0.366 e. The van der Waals surface area contributed by atoms with Crippen LogP contribution in [0.1, 0.15) is 29.9 Å². The summed E-state index contributed by atoms with van der Waals surface area (Å²) in [5, 5.41) is 4.14. The van der Waals surface area contributed by atoms with Crippen molar-refractivity contribution in [2.45, 2.75) is 27.3 Å². The van der Waals surface area contributed by atoms with Crippen LogP contribution in [0.15, 0.2) is 48.7 Å². The second-order valence-electron chi connectivity index (χ2n) is 9.26. The number of thiazole rings is 1. The maximum absolute atomic E-state index is 12.4. The lowest BCUT2D eigenvalue weighted by Gasteiger charge is -2.35. The van der Waals surface area contributed by atoms with Gasteiger partial charge in [0.2, 0.25) is 11.8 Å². The van der Waals surface area contributed by atoms with Crippen molar-refractivity contribution in [2.24, 2.45) is 11.7 Å². The molecule has 3 aromatic rings. The predicted octanol–water partition coefficient (Wildman–Crippen LogP) is 4.06. The maximum atomic E-state index is 12.4. The fraction of sp³-hybridized carbons (Fsp3) is 0.333. The molecule has 0 saturated carbocycles. The lowest BCUT2D eigenvalue weighted by molar-refractivity contribution is -0.136. The van der Waals surface area contributed by atoms with Crippen LogP contribution in [0, 0.1) is 12.8 Å². The van der Waals surface area contributed by atoms with Crippen LogP contribution in [0.4, 0.5) is 10.9 Å². The standard InChI is InChI=1S/C27H32N6O2S/c1-18(2)26(35)33-11-9-32(10-12-33)17-21-14-23(22-6-4-5-20(13-22)7-8-24(28)34)30-25(15-21)31-27-29-16-19(3)36-27/h4-8,13-16,18H,9-12,17H2,1-3H3,(H2,28,34)(H,29,30,31). The third-order valence-electron chi connectivity index (χ3n) is 5.95. The van der Waals surface area contributed by atoms with E-state index < -0.39 is 5.91 Å². The molecule has 9 heteroatoms. The van der Waals surface area contributed by atoms with Crippen molar-refractivity contribution in [2.75, 3.05) is 31.5 Å². The number of nitrogens with one attached hydrogen (secondary N) is 1. The molecule has 0 atom stereocenters. The van der Waals surface area contributed by atoms with E-state index in [-0.39, 0.29) is 11.8 Å². The van der Waals surface area contributed by atoms with E-state index >= 15 is 0 Å². The van der Waals surface area contributed by atoms with Gasteiger partial charge in [0, 0.05) is 61.4 Å². The van der Waals surface area contributed by atoms with Gasteiger partial charge in [-0.3, -0.25) is 14.5 Å². The molecule has 1 saturated heterocycles. The SMILES string of the molecule is Cc1cnc(Nc2cc(CN3CCN(C(=O)C(C)C)CC3)cc(-c3cccc(C=CC(N)=O)c3)n2)s1. The molecule has 188 valence electrons. The summed E-state index contributed by atoms with van der Waals surface area (Å²) in [4.78, 5) is 38.2. The number of nitrogens with two attached hydrogens (primary N) is 1. The minimum Gasteiger partial charge on any atom is -0.366 e. The molecule has 36 heavy (non-hydrogen) atoms. The number of carbonyl (C=O) groups is 2. The van der Waals surface area contributed by atoms with Crippen LogP contribution in [0.2, 0.25) is 0 Å². The Labute approximate surface area is 215 Å². The van der Waals surface area contributed by atoms with Crippen molar-refractivity contribution in [3.8, 4) is 11.3 Å². The van der Waals surface area contributed by atoms with E-state index in [0.29, 0.717) is 0 Å². The molecule has 1 aromatic carbocycles. The summed E-state index contributed by atoms with van der Waals surface area (Å²) in [6.07, 6.45) is 4.89. The van der Waals surface area contributed by atoms with Crippen LogP contribution in [-0.2, 0) is 16.1 Å². The second-order valence-corrected chi connectivity index (χ2v) is 10.5. The Kier molecular flexibility index (Phi) is 8.12. The third kappa shape index (κ3) is 6.77. The number of aromatic nitrogens is 2. The minimum atomic E-state index is -0.485. The summed E-state index contributed by atoms with van der Waals surface area (Å²) in [6, 6.07) is 12.0. The normalized spacial score (nSPS) is 14.5. The first-order chi connectivity index (χ1) is 17.3. The third-order valence-corrected chi connectivity index (χ3v) is 6.78. The highest BCUT2D eigenvalue weighted by Gasteiger charge is 2.23. The van der Waals surface area contributed by atoms with Gasteiger partial charge in [-0.25, -0.2) is 9.97 Å². The molecule has 0 aliphatic carbocycles. The molecule has 1 fully saturated rings. The van der Waals surface area contributed by atoms with Crippen molar-refractivity contribution in [3.63, 3.8) is 0 Å². The number of benzene rings is 1. The Balaban J connectivity index is 1.58. The Hall–Kier alpha value is -3.56. The molecule has 2 amide bonds. The van der Waals surface area contributed by atoms with E-state index in [4.69, 9.17) is 10.7 Å². The van der Waals surface area contributed by atoms with E-state index in [1.165, 1.54) is 6.08 Å². The smallest absolute Gasteiger partial charge is 0.241 e. The number of pyridine rings is 1. The molecule has 4 rings (SSSR count).